The van der Waals surface area contributed by atoms with Crippen molar-refractivity contribution >= 4 is 5.78 Å². The highest BCUT2D eigenvalue weighted by Crippen LogP contribution is 2.35. The molecule has 0 N–H and O–H groups in total. The van der Waals surface area contributed by atoms with Crippen LogP contribution in [0.4, 0.5) is 4.39 Å². The zero-order chi connectivity index (χ0) is 14.8. The first-order valence-corrected chi connectivity index (χ1v) is 6.82. The monoisotopic (exact) mass is 286 g/mol. The topological polar surface area (TPSA) is 35.5 Å². The van der Waals surface area contributed by atoms with Gasteiger partial charge in [0.25, 0.3) is 0 Å². The first kappa shape index (κ1) is 13.6. The summed E-state index contributed by atoms with van der Waals surface area (Å²) in [4.78, 5) is 11.8. The van der Waals surface area contributed by atoms with Crippen molar-refractivity contribution < 1.29 is 18.7 Å². The smallest absolute Gasteiger partial charge is 0.170 e. The molecule has 0 aliphatic carbocycles. The van der Waals surface area contributed by atoms with E-state index in [1.54, 1.807) is 24.3 Å². The van der Waals surface area contributed by atoms with Crippen LogP contribution in [0.15, 0.2) is 36.4 Å². The number of ketones is 1. The molecule has 0 bridgehead atoms. The van der Waals surface area contributed by atoms with Crippen LogP contribution in [0.25, 0.3) is 0 Å². The molecule has 0 unspecified atom stereocenters. The SMILES string of the molecule is Cc1c(OCc2cccc(F)c2)ccc2c1OCCC2=O. The molecule has 4 heteroatoms. The fourth-order valence-electron chi connectivity index (χ4n) is 2.40. The van der Waals surface area contributed by atoms with Crippen molar-refractivity contribution in [2.45, 2.75) is 20.0 Å². The second-order valence-electron chi connectivity index (χ2n) is 5.01. The first-order chi connectivity index (χ1) is 10.1. The Morgan fingerprint density at radius 1 is 1.29 bits per heavy atom. The van der Waals surface area contributed by atoms with E-state index in [9.17, 15) is 9.18 Å². The van der Waals surface area contributed by atoms with E-state index in [0.29, 0.717) is 30.1 Å². The van der Waals surface area contributed by atoms with E-state index in [2.05, 4.69) is 0 Å². The Labute approximate surface area is 122 Å². The maximum atomic E-state index is 13.1. The lowest BCUT2D eigenvalue weighted by Crippen LogP contribution is -2.16. The van der Waals surface area contributed by atoms with Crippen LogP contribution >= 0.6 is 0 Å². The van der Waals surface area contributed by atoms with Gasteiger partial charge >= 0.3 is 0 Å². The maximum Gasteiger partial charge on any atom is 0.170 e. The molecule has 0 radical (unpaired) electrons. The Kier molecular flexibility index (Phi) is 3.60. The average Bonchev–Trinajstić information content (AvgIpc) is 2.47. The summed E-state index contributed by atoms with van der Waals surface area (Å²) < 4.78 is 24.4. The molecule has 0 fully saturated rings. The van der Waals surface area contributed by atoms with Gasteiger partial charge in [-0.15, -0.1) is 0 Å². The standard InChI is InChI=1S/C17H15FO3/c1-11-16(21-10-12-3-2-4-13(18)9-12)6-5-14-15(19)7-8-20-17(11)14/h2-6,9H,7-8,10H2,1H3. The molecule has 1 aliphatic rings. The zero-order valence-electron chi connectivity index (χ0n) is 11.7. The first-order valence-electron chi connectivity index (χ1n) is 6.82. The second-order valence-corrected chi connectivity index (χ2v) is 5.01. The second kappa shape index (κ2) is 5.56. The lowest BCUT2D eigenvalue weighted by molar-refractivity contribution is 0.0932. The average molecular weight is 286 g/mol. The minimum atomic E-state index is -0.285. The number of rotatable bonds is 3. The van der Waals surface area contributed by atoms with E-state index in [1.165, 1.54) is 12.1 Å². The van der Waals surface area contributed by atoms with Crippen molar-refractivity contribution in [2.75, 3.05) is 6.61 Å². The molecule has 0 atom stereocenters. The fraction of sp³-hybridized carbons (Fsp3) is 0.235. The summed E-state index contributed by atoms with van der Waals surface area (Å²) in [6.45, 7) is 2.53. The summed E-state index contributed by atoms with van der Waals surface area (Å²) in [5, 5.41) is 0. The summed E-state index contributed by atoms with van der Waals surface area (Å²) in [7, 11) is 0. The Morgan fingerprint density at radius 3 is 2.95 bits per heavy atom. The van der Waals surface area contributed by atoms with Crippen LogP contribution in [0.1, 0.15) is 27.9 Å². The number of Topliss-reactive ketones (excluding diaryl/α,β-unsaturated/α-hetero) is 1. The molecule has 0 amide bonds. The van der Waals surface area contributed by atoms with Gasteiger partial charge in [0.1, 0.15) is 23.9 Å². The van der Waals surface area contributed by atoms with Crippen LogP contribution in [0.2, 0.25) is 0 Å². The maximum absolute atomic E-state index is 13.1. The molecule has 1 aliphatic heterocycles. The van der Waals surface area contributed by atoms with Gasteiger partial charge in [-0.1, -0.05) is 12.1 Å². The zero-order valence-corrected chi connectivity index (χ0v) is 11.7. The molecule has 1 heterocycles. The summed E-state index contributed by atoms with van der Waals surface area (Å²) in [5.41, 5.74) is 2.16. The van der Waals surface area contributed by atoms with E-state index in [-0.39, 0.29) is 18.2 Å². The fourth-order valence-corrected chi connectivity index (χ4v) is 2.40. The summed E-state index contributed by atoms with van der Waals surface area (Å²) in [6.07, 6.45) is 0.413. The van der Waals surface area contributed by atoms with Crippen molar-refractivity contribution in [3.05, 3.63) is 58.9 Å². The highest BCUT2D eigenvalue weighted by atomic mass is 19.1. The molecule has 0 aromatic heterocycles. The molecule has 3 rings (SSSR count). The quantitative estimate of drug-likeness (QED) is 0.863. The Morgan fingerprint density at radius 2 is 2.14 bits per heavy atom. The number of halogens is 1. The van der Waals surface area contributed by atoms with Crippen molar-refractivity contribution in [1.82, 2.24) is 0 Å². The van der Waals surface area contributed by atoms with Crippen LogP contribution in [0.5, 0.6) is 11.5 Å². The highest BCUT2D eigenvalue weighted by Gasteiger charge is 2.22. The van der Waals surface area contributed by atoms with Gasteiger partial charge in [-0.25, -0.2) is 4.39 Å². The number of ether oxygens (including phenoxy) is 2. The number of carbonyl (C=O) groups is 1. The van der Waals surface area contributed by atoms with Crippen molar-refractivity contribution in [3.8, 4) is 11.5 Å². The predicted molar refractivity (Wildman–Crippen MR) is 76.4 cm³/mol. The van der Waals surface area contributed by atoms with Crippen molar-refractivity contribution in [1.29, 1.82) is 0 Å². The van der Waals surface area contributed by atoms with E-state index >= 15 is 0 Å². The van der Waals surface area contributed by atoms with Gasteiger partial charge in [0.15, 0.2) is 5.78 Å². The van der Waals surface area contributed by atoms with Crippen LogP contribution < -0.4 is 9.47 Å². The van der Waals surface area contributed by atoms with E-state index < -0.39 is 0 Å². The number of carbonyl (C=O) groups excluding carboxylic acids is 1. The number of hydrogen-bond donors (Lipinski definition) is 0. The van der Waals surface area contributed by atoms with E-state index in [1.807, 2.05) is 6.92 Å². The molecule has 0 spiro atoms. The van der Waals surface area contributed by atoms with E-state index in [4.69, 9.17) is 9.47 Å². The Balaban J connectivity index is 1.82. The lowest BCUT2D eigenvalue weighted by Gasteiger charge is -2.20. The van der Waals surface area contributed by atoms with Gasteiger partial charge in [0.2, 0.25) is 0 Å². The number of benzene rings is 2. The number of hydrogen-bond acceptors (Lipinski definition) is 3. The normalized spacial score (nSPS) is 13.5. The predicted octanol–water partition coefficient (Wildman–Crippen LogP) is 3.68. The third kappa shape index (κ3) is 2.75. The van der Waals surface area contributed by atoms with Crippen LogP contribution in [0.3, 0.4) is 0 Å². The molecular weight excluding hydrogens is 271 g/mol. The van der Waals surface area contributed by atoms with Gasteiger partial charge in [-0.2, -0.15) is 0 Å². The van der Waals surface area contributed by atoms with Crippen molar-refractivity contribution in [3.63, 3.8) is 0 Å². The molecule has 0 saturated heterocycles. The third-order valence-electron chi connectivity index (χ3n) is 3.52. The van der Waals surface area contributed by atoms with Crippen molar-refractivity contribution in [2.24, 2.45) is 0 Å². The van der Waals surface area contributed by atoms with Gasteiger partial charge in [-0.05, 0) is 36.8 Å². The Hall–Kier alpha value is -2.36. The minimum Gasteiger partial charge on any atom is -0.492 e. The van der Waals surface area contributed by atoms with Crippen LogP contribution in [0, 0.1) is 12.7 Å². The van der Waals surface area contributed by atoms with Gasteiger partial charge in [0, 0.05) is 12.0 Å². The van der Waals surface area contributed by atoms with E-state index in [0.717, 1.165) is 11.1 Å². The number of fused-ring (bicyclic) bond motifs is 1. The van der Waals surface area contributed by atoms with Crippen LogP contribution in [-0.2, 0) is 6.61 Å². The third-order valence-corrected chi connectivity index (χ3v) is 3.52. The lowest BCUT2D eigenvalue weighted by atomic mass is 10.0. The summed E-state index contributed by atoms with van der Waals surface area (Å²) in [6, 6.07) is 9.78. The van der Waals surface area contributed by atoms with Gasteiger partial charge in [-0.3, -0.25) is 4.79 Å². The molecular formula is C17H15FO3. The summed E-state index contributed by atoms with van der Waals surface area (Å²) in [5.74, 6) is 1.05. The molecule has 2 aromatic carbocycles. The van der Waals surface area contributed by atoms with Gasteiger partial charge < -0.3 is 9.47 Å². The Bertz CT molecular complexity index is 694. The summed E-state index contributed by atoms with van der Waals surface area (Å²) >= 11 is 0. The molecule has 21 heavy (non-hydrogen) atoms. The molecule has 3 nitrogen and oxygen atoms in total. The molecule has 108 valence electrons. The highest BCUT2D eigenvalue weighted by molar-refractivity contribution is 6.00. The van der Waals surface area contributed by atoms with Gasteiger partial charge in [0.05, 0.1) is 12.2 Å². The molecule has 2 aromatic rings. The molecule has 0 saturated carbocycles. The van der Waals surface area contributed by atoms with Crippen LogP contribution in [-0.4, -0.2) is 12.4 Å². The minimum absolute atomic E-state index is 0.0935. The largest absolute Gasteiger partial charge is 0.492 e.